The molecule has 2 N–H and O–H groups in total. The molecule has 2 aromatic rings. The first-order valence-electron chi connectivity index (χ1n) is 7.43. The van der Waals surface area contributed by atoms with E-state index in [2.05, 4.69) is 13.2 Å². The molecule has 0 saturated carbocycles. The van der Waals surface area contributed by atoms with Gasteiger partial charge in [-0.25, -0.2) is 0 Å². The lowest BCUT2D eigenvalue weighted by molar-refractivity contribution is -0.411. The third-order valence-electron chi connectivity index (χ3n) is 2.92. The minimum atomic E-state index is -4.67. The number of benzene rings is 2. The first-order chi connectivity index (χ1) is 12.3. The van der Waals surface area contributed by atoms with Crippen LogP contribution in [0.4, 0.5) is 0 Å². The van der Waals surface area contributed by atoms with Crippen LogP contribution in [0.5, 0.6) is 11.5 Å². The molecule has 0 aliphatic heterocycles. The Balaban J connectivity index is 0.000000597. The van der Waals surface area contributed by atoms with Crippen molar-refractivity contribution in [1.29, 1.82) is 0 Å². The molecule has 0 aromatic heterocycles. The second-order valence-electron chi connectivity index (χ2n) is 4.88. The summed E-state index contributed by atoms with van der Waals surface area (Å²) in [5.74, 6) is 1.22. The van der Waals surface area contributed by atoms with Crippen LogP contribution in [-0.2, 0) is 28.3 Å². The molecular weight excluding hydrogens is 360 g/mol. The van der Waals surface area contributed by atoms with Gasteiger partial charge in [0.1, 0.15) is 0 Å². The van der Waals surface area contributed by atoms with Crippen LogP contribution >= 0.6 is 0 Å². The minimum absolute atomic E-state index is 0.610. The topological polar surface area (TPSA) is 102 Å². The fraction of sp³-hybridized carbons (Fsp3) is 0.111. The Bertz CT molecular complexity index is 754. The molecule has 0 unspecified atom stereocenters. The van der Waals surface area contributed by atoms with Crippen molar-refractivity contribution in [1.82, 2.24) is 0 Å². The van der Waals surface area contributed by atoms with Gasteiger partial charge in [0.25, 0.3) is 0 Å². The molecule has 0 aliphatic rings. The fourth-order valence-electron chi connectivity index (χ4n) is 1.91. The van der Waals surface area contributed by atoms with Crippen molar-refractivity contribution in [3.63, 3.8) is 0 Å². The van der Waals surface area contributed by atoms with Crippen molar-refractivity contribution in [2.24, 2.45) is 0 Å². The van der Waals surface area contributed by atoms with Crippen LogP contribution in [0, 0.1) is 0 Å². The zero-order valence-corrected chi connectivity index (χ0v) is 14.8. The molecule has 0 saturated heterocycles. The van der Waals surface area contributed by atoms with Crippen LogP contribution in [0.15, 0.2) is 73.8 Å². The number of hydrogen-bond donors (Lipinski definition) is 2. The Morgan fingerprint density at radius 3 is 1.50 bits per heavy atom. The number of hydrogen-bond acceptors (Lipinski definition) is 5. The molecule has 7 nitrogen and oxygen atoms in total. The van der Waals surface area contributed by atoms with Gasteiger partial charge in [-0.15, -0.1) is 13.2 Å². The molecular formula is C18H20O7S. The Kier molecular flexibility index (Phi) is 9.10. The van der Waals surface area contributed by atoms with Gasteiger partial charge in [0.05, 0.1) is 0 Å². The Morgan fingerprint density at radius 1 is 0.808 bits per heavy atom. The number of rotatable bonds is 8. The Morgan fingerprint density at radius 2 is 1.15 bits per heavy atom. The van der Waals surface area contributed by atoms with E-state index in [0.717, 1.165) is 11.1 Å². The van der Waals surface area contributed by atoms with Crippen molar-refractivity contribution in [2.75, 3.05) is 0 Å². The predicted molar refractivity (Wildman–Crippen MR) is 97.2 cm³/mol. The quantitative estimate of drug-likeness (QED) is 0.311. The molecule has 0 bridgehead atoms. The molecule has 0 aliphatic carbocycles. The van der Waals surface area contributed by atoms with Gasteiger partial charge in [-0.05, 0) is 25.0 Å². The molecule has 0 radical (unpaired) electrons. The molecule has 140 valence electrons. The summed E-state index contributed by atoms with van der Waals surface area (Å²) in [5.41, 5.74) is 1.96. The summed E-state index contributed by atoms with van der Waals surface area (Å²) in [7, 11) is -4.67. The van der Waals surface area contributed by atoms with Crippen molar-refractivity contribution < 1.29 is 32.3 Å². The number of para-hydroxylation sites is 2. The van der Waals surface area contributed by atoms with Gasteiger partial charge < -0.3 is 0 Å². The van der Waals surface area contributed by atoms with Gasteiger partial charge in [-0.1, -0.05) is 48.6 Å². The molecule has 0 heterocycles. The summed E-state index contributed by atoms with van der Waals surface area (Å²) < 4.78 is 31.6. The maximum atomic E-state index is 8.74. The molecule has 0 fully saturated rings. The second-order valence-corrected chi connectivity index (χ2v) is 5.78. The van der Waals surface area contributed by atoms with Crippen molar-refractivity contribution in [2.45, 2.75) is 12.8 Å². The molecule has 0 spiro atoms. The molecule has 26 heavy (non-hydrogen) atoms. The lowest BCUT2D eigenvalue weighted by Crippen LogP contribution is -2.05. The van der Waals surface area contributed by atoms with Crippen LogP contribution in [0.2, 0.25) is 0 Å². The second kappa shape index (κ2) is 11.1. The van der Waals surface area contributed by atoms with Gasteiger partial charge in [-0.3, -0.25) is 18.9 Å². The summed E-state index contributed by atoms with van der Waals surface area (Å²) in [6.07, 6.45) is 5.02. The highest BCUT2D eigenvalue weighted by molar-refractivity contribution is 7.79. The highest BCUT2D eigenvalue weighted by Crippen LogP contribution is 2.22. The number of allylic oxidation sites excluding steroid dienone is 2. The summed E-state index contributed by atoms with van der Waals surface area (Å²) in [5, 5.41) is 4.91. The van der Waals surface area contributed by atoms with Gasteiger partial charge >= 0.3 is 10.4 Å². The maximum Gasteiger partial charge on any atom is 0.394 e. The summed E-state index contributed by atoms with van der Waals surface area (Å²) in [6, 6.07) is 15.2. The third kappa shape index (κ3) is 9.00. The van der Waals surface area contributed by atoms with Crippen molar-refractivity contribution in [3.05, 3.63) is 85.0 Å². The van der Waals surface area contributed by atoms with Crippen LogP contribution in [-0.4, -0.2) is 17.5 Å². The monoisotopic (exact) mass is 380 g/mol. The van der Waals surface area contributed by atoms with Crippen LogP contribution in [0.25, 0.3) is 0 Å². The van der Waals surface area contributed by atoms with E-state index in [4.69, 9.17) is 32.3 Å². The lowest BCUT2D eigenvalue weighted by Gasteiger charge is -2.09. The average Bonchev–Trinajstić information content (AvgIpc) is 2.57. The molecule has 2 aromatic carbocycles. The molecule has 0 atom stereocenters. The standard InChI is InChI=1S/C18H18O3.H2O4S/c1-3-9-15-11-5-7-13-17(15)19-21-20-18-14-8-6-12-16(18)10-4-2;1-5(2,3)4/h3-8,11-14H,1-2,9-10H2;(H2,1,2,3,4). The highest BCUT2D eigenvalue weighted by Gasteiger charge is 2.06. The first kappa shape index (κ1) is 21.4. The van der Waals surface area contributed by atoms with E-state index >= 15 is 0 Å². The molecule has 0 amide bonds. The van der Waals surface area contributed by atoms with E-state index in [1.54, 1.807) is 0 Å². The van der Waals surface area contributed by atoms with E-state index in [1.807, 2.05) is 60.7 Å². The third-order valence-corrected chi connectivity index (χ3v) is 2.92. The zero-order valence-electron chi connectivity index (χ0n) is 13.9. The molecule has 8 heteroatoms. The zero-order chi connectivity index (χ0) is 19.4. The maximum absolute atomic E-state index is 8.74. The van der Waals surface area contributed by atoms with E-state index in [-0.39, 0.29) is 0 Å². The summed E-state index contributed by atoms with van der Waals surface area (Å²) in [6.45, 7) is 7.44. The van der Waals surface area contributed by atoms with E-state index in [0.29, 0.717) is 24.3 Å². The lowest BCUT2D eigenvalue weighted by atomic mass is 10.1. The minimum Gasteiger partial charge on any atom is -0.299 e. The van der Waals surface area contributed by atoms with E-state index < -0.39 is 10.4 Å². The van der Waals surface area contributed by atoms with Crippen LogP contribution < -0.4 is 9.78 Å². The molecule has 2 rings (SSSR count). The SMILES string of the molecule is C=CCc1ccccc1OOOc1ccccc1CC=C.O=S(=O)(O)O. The average molecular weight is 380 g/mol. The fourth-order valence-corrected chi connectivity index (χ4v) is 1.91. The van der Waals surface area contributed by atoms with Crippen molar-refractivity contribution >= 4 is 10.4 Å². The van der Waals surface area contributed by atoms with Crippen LogP contribution in [0.3, 0.4) is 0 Å². The van der Waals surface area contributed by atoms with Gasteiger partial charge in [0.2, 0.25) is 0 Å². The Hall–Kier alpha value is -2.65. The smallest absolute Gasteiger partial charge is 0.299 e. The highest BCUT2D eigenvalue weighted by atomic mass is 32.3. The van der Waals surface area contributed by atoms with Gasteiger partial charge in [0.15, 0.2) is 11.5 Å². The van der Waals surface area contributed by atoms with E-state index in [1.165, 1.54) is 0 Å². The summed E-state index contributed by atoms with van der Waals surface area (Å²) in [4.78, 5) is 10.5. The van der Waals surface area contributed by atoms with E-state index in [9.17, 15) is 0 Å². The van der Waals surface area contributed by atoms with Crippen LogP contribution in [0.1, 0.15) is 11.1 Å². The van der Waals surface area contributed by atoms with Gasteiger partial charge in [0, 0.05) is 16.2 Å². The predicted octanol–water partition coefficient (Wildman–Crippen LogP) is 3.80. The van der Waals surface area contributed by atoms with Gasteiger partial charge in [-0.2, -0.15) is 8.42 Å². The first-order valence-corrected chi connectivity index (χ1v) is 8.83. The normalized spacial score (nSPS) is 10.2. The Labute approximate surface area is 152 Å². The summed E-state index contributed by atoms with van der Waals surface area (Å²) >= 11 is 0. The largest absolute Gasteiger partial charge is 0.394 e. The van der Waals surface area contributed by atoms with Crippen molar-refractivity contribution in [3.8, 4) is 11.5 Å².